The summed E-state index contributed by atoms with van der Waals surface area (Å²) in [5, 5.41) is 22.5. The Balaban J connectivity index is 1.53. The van der Waals surface area contributed by atoms with Gasteiger partial charge >= 0.3 is 0 Å². The van der Waals surface area contributed by atoms with Crippen molar-refractivity contribution in [2.45, 2.75) is 62.9 Å². The van der Waals surface area contributed by atoms with Crippen LogP contribution < -0.4 is 5.32 Å². The highest BCUT2D eigenvalue weighted by molar-refractivity contribution is 8.00. The van der Waals surface area contributed by atoms with Crippen molar-refractivity contribution in [1.29, 1.82) is 5.26 Å². The van der Waals surface area contributed by atoms with E-state index in [2.05, 4.69) is 27.6 Å². The molecule has 1 aliphatic carbocycles. The second kappa shape index (κ2) is 11.2. The van der Waals surface area contributed by atoms with E-state index in [0.29, 0.717) is 28.9 Å². The Morgan fingerprint density at radius 1 is 1.32 bits per heavy atom. The number of fused-ring (bicyclic) bond motifs is 1. The lowest BCUT2D eigenvalue weighted by Gasteiger charge is -2.13. The van der Waals surface area contributed by atoms with Crippen LogP contribution in [0.1, 0.15) is 47.8 Å². The van der Waals surface area contributed by atoms with Crippen LogP contribution in [-0.4, -0.2) is 39.6 Å². The first-order chi connectivity index (χ1) is 16.5. The van der Waals surface area contributed by atoms with Gasteiger partial charge in [0.2, 0.25) is 5.91 Å². The fourth-order valence-electron chi connectivity index (χ4n) is 4.13. The maximum Gasteiger partial charge on any atom is 0.238 e. The molecular formula is C25H29N5O2S2. The first-order valence-corrected chi connectivity index (χ1v) is 13.2. The molecule has 0 saturated carbocycles. The van der Waals surface area contributed by atoms with E-state index in [1.165, 1.54) is 23.1 Å². The summed E-state index contributed by atoms with van der Waals surface area (Å²) in [5.41, 5.74) is 3.88. The van der Waals surface area contributed by atoms with E-state index in [1.807, 2.05) is 36.6 Å². The lowest BCUT2D eigenvalue weighted by Crippen LogP contribution is -2.23. The Labute approximate surface area is 208 Å². The summed E-state index contributed by atoms with van der Waals surface area (Å²) in [6.45, 7) is 4.99. The summed E-state index contributed by atoms with van der Waals surface area (Å²) in [6.07, 6.45) is 5.32. The number of rotatable bonds is 8. The number of carbonyl (C=O) groups excluding carboxylic acids is 1. The van der Waals surface area contributed by atoms with Crippen LogP contribution in [0.4, 0.5) is 5.00 Å². The molecule has 0 radical (unpaired) electrons. The number of amides is 1. The third kappa shape index (κ3) is 5.35. The van der Waals surface area contributed by atoms with Crippen LogP contribution in [-0.2, 0) is 28.9 Å². The summed E-state index contributed by atoms with van der Waals surface area (Å²) >= 11 is 2.92. The van der Waals surface area contributed by atoms with Crippen molar-refractivity contribution < 1.29 is 9.53 Å². The molecule has 1 aliphatic rings. The number of ether oxygens (including phenoxy) is 1. The van der Waals surface area contributed by atoms with Crippen molar-refractivity contribution in [3.8, 4) is 17.5 Å². The lowest BCUT2D eigenvalue weighted by atomic mass is 10.1. The van der Waals surface area contributed by atoms with Crippen molar-refractivity contribution in [3.63, 3.8) is 0 Å². The number of carbonyl (C=O) groups is 1. The molecule has 9 heteroatoms. The molecule has 3 aromatic rings. The minimum absolute atomic E-state index is 0.142. The van der Waals surface area contributed by atoms with Crippen LogP contribution in [0.15, 0.2) is 29.4 Å². The van der Waals surface area contributed by atoms with Crippen molar-refractivity contribution in [3.05, 3.63) is 45.8 Å². The molecule has 34 heavy (non-hydrogen) atoms. The minimum atomic E-state index is -0.413. The highest BCUT2D eigenvalue weighted by Crippen LogP contribution is 2.37. The Kier molecular flexibility index (Phi) is 8.03. The van der Waals surface area contributed by atoms with Gasteiger partial charge in [-0.2, -0.15) is 5.26 Å². The monoisotopic (exact) mass is 495 g/mol. The van der Waals surface area contributed by atoms with Gasteiger partial charge in [-0.1, -0.05) is 41.9 Å². The van der Waals surface area contributed by atoms with Crippen LogP contribution in [0.2, 0.25) is 0 Å². The number of hydrogen-bond acceptors (Lipinski definition) is 7. The number of nitriles is 1. The van der Waals surface area contributed by atoms with E-state index >= 15 is 0 Å². The zero-order chi connectivity index (χ0) is 24.1. The standard InChI is InChI=1S/C25H29N5O2S2/c1-16-8-7-9-18(14-16)22-28-29-25(30(22)12-13-32-3)33-17(2)23(31)27-24-20(15-26)19-10-5-4-6-11-21(19)34-24/h7-9,14,17H,4-6,10-13H2,1-3H3,(H,27,31)/t17-/m0/s1. The normalized spacial score (nSPS) is 14.2. The van der Waals surface area contributed by atoms with E-state index in [9.17, 15) is 10.1 Å². The summed E-state index contributed by atoms with van der Waals surface area (Å²) < 4.78 is 7.30. The molecule has 2 heterocycles. The molecule has 0 fully saturated rings. The predicted octanol–water partition coefficient (Wildman–Crippen LogP) is 5.22. The third-order valence-electron chi connectivity index (χ3n) is 5.93. The van der Waals surface area contributed by atoms with Crippen LogP contribution in [0, 0.1) is 18.3 Å². The highest BCUT2D eigenvalue weighted by Gasteiger charge is 2.25. The summed E-state index contributed by atoms with van der Waals surface area (Å²) in [4.78, 5) is 14.3. The maximum atomic E-state index is 13.1. The van der Waals surface area contributed by atoms with Crippen LogP contribution in [0.25, 0.3) is 11.4 Å². The van der Waals surface area contributed by atoms with Gasteiger partial charge in [0.1, 0.15) is 11.1 Å². The SMILES string of the molecule is COCCn1c(S[C@@H](C)C(=O)Nc2sc3c(c2C#N)CCCCC3)nnc1-c1cccc(C)c1. The Bertz CT molecular complexity index is 1210. The molecule has 0 aliphatic heterocycles. The van der Waals surface area contributed by atoms with E-state index in [0.717, 1.165) is 48.2 Å². The molecule has 4 rings (SSSR count). The number of aryl methyl sites for hydroxylation is 2. The smallest absolute Gasteiger partial charge is 0.238 e. The third-order valence-corrected chi connectivity index (χ3v) is 8.22. The van der Waals surface area contributed by atoms with Crippen molar-refractivity contribution in [1.82, 2.24) is 14.8 Å². The lowest BCUT2D eigenvalue weighted by molar-refractivity contribution is -0.115. The van der Waals surface area contributed by atoms with Gasteiger partial charge in [0, 0.05) is 17.6 Å². The summed E-state index contributed by atoms with van der Waals surface area (Å²) in [7, 11) is 1.66. The topological polar surface area (TPSA) is 92.8 Å². The molecule has 0 saturated heterocycles. The summed E-state index contributed by atoms with van der Waals surface area (Å²) in [5.74, 6) is 0.612. The Morgan fingerprint density at radius 3 is 2.91 bits per heavy atom. The average Bonchev–Trinajstić information content (AvgIpc) is 3.28. The summed E-state index contributed by atoms with van der Waals surface area (Å²) in [6, 6.07) is 10.5. The van der Waals surface area contributed by atoms with Gasteiger partial charge in [0.25, 0.3) is 0 Å². The number of nitrogens with one attached hydrogen (secondary N) is 1. The molecule has 0 bridgehead atoms. The number of anilines is 1. The molecular weight excluding hydrogens is 466 g/mol. The van der Waals surface area contributed by atoms with Crippen molar-refractivity contribution in [2.75, 3.05) is 19.0 Å². The van der Waals surface area contributed by atoms with Crippen LogP contribution in [0.3, 0.4) is 0 Å². The van der Waals surface area contributed by atoms with E-state index in [4.69, 9.17) is 4.74 Å². The highest BCUT2D eigenvalue weighted by atomic mass is 32.2. The van der Waals surface area contributed by atoms with Gasteiger partial charge in [-0.25, -0.2) is 0 Å². The Hall–Kier alpha value is -2.67. The van der Waals surface area contributed by atoms with Gasteiger partial charge in [0.15, 0.2) is 11.0 Å². The second-order valence-corrected chi connectivity index (χ2v) is 10.9. The molecule has 1 amide bonds. The Morgan fingerprint density at radius 2 is 2.15 bits per heavy atom. The molecule has 0 spiro atoms. The molecule has 0 unspecified atom stereocenters. The molecule has 1 N–H and O–H groups in total. The van der Waals surface area contributed by atoms with Crippen LogP contribution >= 0.6 is 23.1 Å². The number of nitrogens with zero attached hydrogens (tertiary/aromatic N) is 4. The van der Waals surface area contributed by atoms with Crippen molar-refractivity contribution >= 4 is 34.0 Å². The number of benzene rings is 1. The zero-order valence-electron chi connectivity index (χ0n) is 19.8. The van der Waals surface area contributed by atoms with Gasteiger partial charge in [-0.05, 0) is 51.2 Å². The molecule has 178 valence electrons. The molecule has 2 aromatic heterocycles. The van der Waals surface area contributed by atoms with Gasteiger partial charge in [0.05, 0.1) is 24.0 Å². The quantitative estimate of drug-likeness (QED) is 0.340. The van der Waals surface area contributed by atoms with E-state index in [1.54, 1.807) is 18.4 Å². The predicted molar refractivity (Wildman–Crippen MR) is 136 cm³/mol. The largest absolute Gasteiger partial charge is 0.383 e. The average molecular weight is 496 g/mol. The fourth-order valence-corrected chi connectivity index (χ4v) is 6.25. The van der Waals surface area contributed by atoms with Gasteiger partial charge in [-0.15, -0.1) is 21.5 Å². The number of thiophene rings is 1. The fraction of sp³-hybridized carbons (Fsp3) is 0.440. The number of thioether (sulfide) groups is 1. The van der Waals surface area contributed by atoms with Crippen LogP contribution in [0.5, 0.6) is 0 Å². The second-order valence-electron chi connectivity index (χ2n) is 8.45. The molecule has 1 aromatic carbocycles. The molecule has 7 nitrogen and oxygen atoms in total. The van der Waals surface area contributed by atoms with Gasteiger partial charge in [-0.3, -0.25) is 9.36 Å². The van der Waals surface area contributed by atoms with Gasteiger partial charge < -0.3 is 10.1 Å². The first-order valence-electron chi connectivity index (χ1n) is 11.5. The minimum Gasteiger partial charge on any atom is -0.383 e. The van der Waals surface area contributed by atoms with Crippen molar-refractivity contribution in [2.24, 2.45) is 0 Å². The number of hydrogen-bond donors (Lipinski definition) is 1. The van der Waals surface area contributed by atoms with E-state index < -0.39 is 5.25 Å². The maximum absolute atomic E-state index is 13.1. The first kappa shape index (κ1) is 24.5. The molecule has 1 atom stereocenters. The van der Waals surface area contributed by atoms with E-state index in [-0.39, 0.29) is 5.91 Å². The number of aromatic nitrogens is 3. The number of methoxy groups -OCH3 is 1. The zero-order valence-corrected chi connectivity index (χ0v) is 21.4.